The molecule has 1 heterocycles. The van der Waals surface area contributed by atoms with Crippen LogP contribution in [-0.2, 0) is 0 Å². The summed E-state index contributed by atoms with van der Waals surface area (Å²) in [5.41, 5.74) is 0.430. The van der Waals surface area contributed by atoms with E-state index in [4.69, 9.17) is 16.0 Å². The van der Waals surface area contributed by atoms with E-state index in [2.05, 4.69) is 0 Å². The number of halogens is 3. The van der Waals surface area contributed by atoms with Crippen LogP contribution in [0.2, 0.25) is 5.02 Å². The fraction of sp³-hybridized carbons (Fsp3) is 0.0667. The number of furan rings is 1. The monoisotopic (exact) mass is 294 g/mol. The van der Waals surface area contributed by atoms with Crippen molar-refractivity contribution in [2.24, 2.45) is 0 Å². The van der Waals surface area contributed by atoms with E-state index in [1.807, 2.05) is 0 Å². The third-order valence-electron chi connectivity index (χ3n) is 3.02. The summed E-state index contributed by atoms with van der Waals surface area (Å²) in [6, 6.07) is 9.35. The smallest absolute Gasteiger partial charge is 0.140 e. The molecule has 0 amide bonds. The molecule has 0 saturated carbocycles. The van der Waals surface area contributed by atoms with Gasteiger partial charge in [-0.05, 0) is 42.5 Å². The van der Waals surface area contributed by atoms with E-state index >= 15 is 0 Å². The molecule has 0 aliphatic rings. The molecule has 2 aromatic carbocycles. The second-order valence-corrected chi connectivity index (χ2v) is 4.84. The standard InChI is InChI=1S/C15H9ClF2O2/c16-9-1-3-12(18)11(7-9)15(19)14-6-8-5-10(17)2-4-13(8)20-14/h1-7,15,19H. The Balaban J connectivity index is 2.07. The number of fused-ring (bicyclic) bond motifs is 1. The van der Waals surface area contributed by atoms with Crippen LogP contribution in [0.1, 0.15) is 17.4 Å². The Kier molecular flexibility index (Phi) is 3.20. The quantitative estimate of drug-likeness (QED) is 0.757. The van der Waals surface area contributed by atoms with Crippen molar-refractivity contribution < 1.29 is 18.3 Å². The molecule has 102 valence electrons. The lowest BCUT2D eigenvalue weighted by atomic mass is 10.1. The predicted molar refractivity (Wildman–Crippen MR) is 71.6 cm³/mol. The van der Waals surface area contributed by atoms with Gasteiger partial charge in [0.25, 0.3) is 0 Å². The van der Waals surface area contributed by atoms with Gasteiger partial charge in [-0.2, -0.15) is 0 Å². The summed E-state index contributed by atoms with van der Waals surface area (Å²) in [5, 5.41) is 11.0. The number of rotatable bonds is 2. The third-order valence-corrected chi connectivity index (χ3v) is 3.25. The highest BCUT2D eigenvalue weighted by Gasteiger charge is 2.19. The maximum Gasteiger partial charge on any atom is 0.140 e. The summed E-state index contributed by atoms with van der Waals surface area (Å²) in [4.78, 5) is 0. The molecule has 0 spiro atoms. The SMILES string of the molecule is OC(c1cc2cc(F)ccc2o1)c1cc(Cl)ccc1F. The van der Waals surface area contributed by atoms with E-state index in [0.717, 1.165) is 0 Å². The normalized spacial score (nSPS) is 12.8. The Morgan fingerprint density at radius 3 is 2.65 bits per heavy atom. The summed E-state index contributed by atoms with van der Waals surface area (Å²) in [6.07, 6.45) is -1.30. The van der Waals surface area contributed by atoms with Gasteiger partial charge >= 0.3 is 0 Å². The summed E-state index contributed by atoms with van der Waals surface area (Å²) >= 11 is 5.79. The third kappa shape index (κ3) is 2.28. The fourth-order valence-electron chi connectivity index (χ4n) is 2.05. The molecular formula is C15H9ClF2O2. The molecule has 20 heavy (non-hydrogen) atoms. The first-order valence-electron chi connectivity index (χ1n) is 5.86. The molecule has 1 aromatic heterocycles. The molecule has 1 unspecified atom stereocenters. The Hall–Kier alpha value is -1.91. The maximum atomic E-state index is 13.7. The molecule has 0 fully saturated rings. The molecule has 0 bridgehead atoms. The molecule has 0 saturated heterocycles. The number of benzene rings is 2. The first-order valence-corrected chi connectivity index (χ1v) is 6.24. The molecule has 0 aliphatic carbocycles. The van der Waals surface area contributed by atoms with Crippen LogP contribution in [0.25, 0.3) is 11.0 Å². The first-order chi connectivity index (χ1) is 9.54. The van der Waals surface area contributed by atoms with Crippen molar-refractivity contribution in [2.45, 2.75) is 6.10 Å². The van der Waals surface area contributed by atoms with Crippen molar-refractivity contribution >= 4 is 22.6 Å². The Morgan fingerprint density at radius 1 is 1.05 bits per heavy atom. The van der Waals surface area contributed by atoms with Gasteiger partial charge < -0.3 is 9.52 Å². The van der Waals surface area contributed by atoms with E-state index in [-0.39, 0.29) is 11.3 Å². The zero-order valence-electron chi connectivity index (χ0n) is 10.1. The molecule has 5 heteroatoms. The van der Waals surface area contributed by atoms with Gasteiger partial charge in [-0.25, -0.2) is 8.78 Å². The van der Waals surface area contributed by atoms with Gasteiger partial charge in [0.2, 0.25) is 0 Å². The van der Waals surface area contributed by atoms with Crippen molar-refractivity contribution in [1.29, 1.82) is 0 Å². The number of hydrogen-bond donors (Lipinski definition) is 1. The Bertz CT molecular complexity index is 783. The topological polar surface area (TPSA) is 33.4 Å². The molecular weight excluding hydrogens is 286 g/mol. The van der Waals surface area contributed by atoms with Gasteiger partial charge in [-0.3, -0.25) is 0 Å². The zero-order valence-corrected chi connectivity index (χ0v) is 10.9. The van der Waals surface area contributed by atoms with Gasteiger partial charge in [0.05, 0.1) is 0 Å². The van der Waals surface area contributed by atoms with Gasteiger partial charge in [0.1, 0.15) is 29.1 Å². The molecule has 1 atom stereocenters. The van der Waals surface area contributed by atoms with Crippen LogP contribution >= 0.6 is 11.6 Å². The average Bonchev–Trinajstić information content (AvgIpc) is 2.83. The minimum atomic E-state index is -1.30. The van der Waals surface area contributed by atoms with Crippen molar-refractivity contribution in [3.8, 4) is 0 Å². The summed E-state index contributed by atoms with van der Waals surface area (Å²) in [5.74, 6) is -0.867. The van der Waals surface area contributed by atoms with Crippen molar-refractivity contribution in [2.75, 3.05) is 0 Å². The Labute approximate surface area is 118 Å². The van der Waals surface area contributed by atoms with E-state index in [1.165, 1.54) is 42.5 Å². The molecule has 3 aromatic rings. The maximum absolute atomic E-state index is 13.7. The highest BCUT2D eigenvalue weighted by molar-refractivity contribution is 6.30. The summed E-state index contributed by atoms with van der Waals surface area (Å²) in [6.45, 7) is 0. The zero-order chi connectivity index (χ0) is 14.3. The van der Waals surface area contributed by atoms with Gasteiger partial charge in [0, 0.05) is 16.0 Å². The van der Waals surface area contributed by atoms with Crippen LogP contribution < -0.4 is 0 Å². The van der Waals surface area contributed by atoms with E-state index < -0.39 is 17.7 Å². The molecule has 0 aliphatic heterocycles. The van der Waals surface area contributed by atoms with Crippen molar-refractivity contribution in [3.05, 3.63) is 70.4 Å². The molecule has 0 radical (unpaired) electrons. The predicted octanol–water partition coefficient (Wildman–Crippen LogP) is 4.45. The number of aliphatic hydroxyl groups excluding tert-OH is 1. The van der Waals surface area contributed by atoms with Gasteiger partial charge in [-0.15, -0.1) is 0 Å². The first kappa shape index (κ1) is 13.1. The number of hydrogen-bond acceptors (Lipinski definition) is 2. The number of aliphatic hydroxyl groups is 1. The van der Waals surface area contributed by atoms with Gasteiger partial charge in [0.15, 0.2) is 0 Å². The van der Waals surface area contributed by atoms with Crippen molar-refractivity contribution in [1.82, 2.24) is 0 Å². The molecule has 1 N–H and O–H groups in total. The van der Waals surface area contributed by atoms with Gasteiger partial charge in [-0.1, -0.05) is 11.6 Å². The van der Waals surface area contributed by atoms with E-state index in [9.17, 15) is 13.9 Å². The molecule has 2 nitrogen and oxygen atoms in total. The highest BCUT2D eigenvalue weighted by Crippen LogP contribution is 2.31. The minimum Gasteiger partial charge on any atom is -0.458 e. The van der Waals surface area contributed by atoms with Crippen LogP contribution in [0.15, 0.2) is 46.9 Å². The van der Waals surface area contributed by atoms with Crippen LogP contribution in [0.3, 0.4) is 0 Å². The summed E-state index contributed by atoms with van der Waals surface area (Å²) < 4.78 is 32.2. The largest absolute Gasteiger partial charge is 0.458 e. The van der Waals surface area contributed by atoms with E-state index in [1.54, 1.807) is 0 Å². The minimum absolute atomic E-state index is 0.0111. The lowest BCUT2D eigenvalue weighted by molar-refractivity contribution is 0.187. The summed E-state index contributed by atoms with van der Waals surface area (Å²) in [7, 11) is 0. The van der Waals surface area contributed by atoms with Crippen LogP contribution in [-0.4, -0.2) is 5.11 Å². The fourth-order valence-corrected chi connectivity index (χ4v) is 2.23. The lowest BCUT2D eigenvalue weighted by Crippen LogP contribution is -2.01. The lowest BCUT2D eigenvalue weighted by Gasteiger charge is -2.09. The highest BCUT2D eigenvalue weighted by atomic mass is 35.5. The average molecular weight is 295 g/mol. The van der Waals surface area contributed by atoms with Crippen LogP contribution in [0, 0.1) is 11.6 Å². The van der Waals surface area contributed by atoms with Crippen LogP contribution in [0.5, 0.6) is 0 Å². The molecule has 3 rings (SSSR count). The van der Waals surface area contributed by atoms with E-state index in [0.29, 0.717) is 16.0 Å². The van der Waals surface area contributed by atoms with Crippen LogP contribution in [0.4, 0.5) is 8.78 Å². The second kappa shape index (κ2) is 4.89. The Morgan fingerprint density at radius 2 is 1.85 bits per heavy atom. The van der Waals surface area contributed by atoms with Crippen molar-refractivity contribution in [3.63, 3.8) is 0 Å². The second-order valence-electron chi connectivity index (χ2n) is 4.40.